The van der Waals surface area contributed by atoms with Gasteiger partial charge in [0.2, 0.25) is 0 Å². The quantitative estimate of drug-likeness (QED) is 0.704. The number of fused-ring (bicyclic) bond motifs is 3. The highest BCUT2D eigenvalue weighted by molar-refractivity contribution is 5.13. The van der Waals surface area contributed by atoms with Crippen LogP contribution in [0.15, 0.2) is 30.3 Å². The van der Waals surface area contributed by atoms with Gasteiger partial charge in [-0.3, -0.25) is 0 Å². The van der Waals surface area contributed by atoms with Crippen LogP contribution < -0.4 is 0 Å². The maximum absolute atomic E-state index is 6.67. The lowest BCUT2D eigenvalue weighted by molar-refractivity contribution is -0.256. The van der Waals surface area contributed by atoms with E-state index in [-0.39, 0.29) is 24.4 Å². The van der Waals surface area contributed by atoms with Crippen LogP contribution in [0.2, 0.25) is 0 Å². The van der Waals surface area contributed by atoms with Gasteiger partial charge in [-0.2, -0.15) is 0 Å². The standard InChI is InChI=1S/C25H34O6/c1-4-10-18(11-5-1)16-26-17-19-20-21(29-24(28-20)12-6-2-7-13-24)22-23(27-19)31-25(30-22)14-8-3-9-15-25/h1,4-5,10-11,19-23H,2-3,6-9,12-17H2/t19-,20+,21-,22+,23-/m0/s1. The molecular weight excluding hydrogens is 396 g/mol. The smallest absolute Gasteiger partial charge is 0.190 e. The molecule has 1 aromatic rings. The van der Waals surface area contributed by atoms with E-state index < -0.39 is 17.9 Å². The van der Waals surface area contributed by atoms with E-state index in [9.17, 15) is 0 Å². The van der Waals surface area contributed by atoms with Crippen molar-refractivity contribution in [3.05, 3.63) is 35.9 Å². The molecule has 6 heteroatoms. The first-order valence-electron chi connectivity index (χ1n) is 12.2. The van der Waals surface area contributed by atoms with Gasteiger partial charge in [-0.1, -0.05) is 43.2 Å². The Kier molecular flexibility index (Phi) is 5.57. The van der Waals surface area contributed by atoms with E-state index in [1.165, 1.54) is 12.8 Å². The van der Waals surface area contributed by atoms with Gasteiger partial charge in [0.25, 0.3) is 0 Å². The second-order valence-electron chi connectivity index (χ2n) is 9.85. The van der Waals surface area contributed by atoms with Gasteiger partial charge in [0.1, 0.15) is 24.4 Å². The first kappa shape index (κ1) is 20.6. The van der Waals surface area contributed by atoms with Crippen molar-refractivity contribution in [2.45, 2.75) is 113 Å². The molecule has 6 nitrogen and oxygen atoms in total. The van der Waals surface area contributed by atoms with Gasteiger partial charge < -0.3 is 28.4 Å². The van der Waals surface area contributed by atoms with Crippen molar-refractivity contribution >= 4 is 0 Å². The predicted molar refractivity (Wildman–Crippen MR) is 112 cm³/mol. The van der Waals surface area contributed by atoms with Crippen molar-refractivity contribution in [2.75, 3.05) is 6.61 Å². The molecule has 5 fully saturated rings. The van der Waals surface area contributed by atoms with Gasteiger partial charge in [0.05, 0.1) is 13.2 Å². The van der Waals surface area contributed by atoms with Crippen LogP contribution in [0.4, 0.5) is 0 Å². The van der Waals surface area contributed by atoms with E-state index in [0.29, 0.717) is 13.2 Å². The van der Waals surface area contributed by atoms with Crippen molar-refractivity contribution in [1.82, 2.24) is 0 Å². The molecule has 3 heterocycles. The van der Waals surface area contributed by atoms with Crippen molar-refractivity contribution in [2.24, 2.45) is 0 Å². The zero-order valence-corrected chi connectivity index (χ0v) is 18.2. The molecule has 0 aromatic heterocycles. The van der Waals surface area contributed by atoms with E-state index in [2.05, 4.69) is 12.1 Å². The van der Waals surface area contributed by atoms with E-state index in [1.807, 2.05) is 18.2 Å². The van der Waals surface area contributed by atoms with Gasteiger partial charge >= 0.3 is 0 Å². The second-order valence-corrected chi connectivity index (χ2v) is 9.85. The molecule has 6 rings (SSSR count). The Labute approximate surface area is 184 Å². The zero-order valence-electron chi connectivity index (χ0n) is 18.2. The summed E-state index contributed by atoms with van der Waals surface area (Å²) in [5.74, 6) is -1.00. The summed E-state index contributed by atoms with van der Waals surface area (Å²) in [7, 11) is 0. The number of benzene rings is 1. The van der Waals surface area contributed by atoms with Crippen LogP contribution >= 0.6 is 0 Å². The lowest BCUT2D eigenvalue weighted by Crippen LogP contribution is -2.56. The Morgan fingerprint density at radius 2 is 1.32 bits per heavy atom. The SMILES string of the molecule is c1ccc(COC[C@@H]2O[C@H]3OC4(CCCCC4)O[C@@H]3[C@H]3OC4(CCCCC4)O[C@@H]32)cc1. The number of hydrogen-bond acceptors (Lipinski definition) is 6. The van der Waals surface area contributed by atoms with E-state index in [1.54, 1.807) is 0 Å². The molecule has 1 aromatic carbocycles. The summed E-state index contributed by atoms with van der Waals surface area (Å²) in [6.07, 6.45) is 9.60. The molecule has 0 bridgehead atoms. The minimum atomic E-state index is -0.510. The average Bonchev–Trinajstić information content (AvgIpc) is 3.34. The maximum atomic E-state index is 6.67. The molecule has 2 saturated carbocycles. The van der Waals surface area contributed by atoms with E-state index in [4.69, 9.17) is 28.4 Å². The molecule has 170 valence electrons. The zero-order chi connectivity index (χ0) is 20.7. The Morgan fingerprint density at radius 1 is 0.710 bits per heavy atom. The molecule has 3 aliphatic heterocycles. The minimum absolute atomic E-state index is 0.163. The summed E-state index contributed by atoms with van der Waals surface area (Å²) >= 11 is 0. The molecule has 0 N–H and O–H groups in total. The maximum Gasteiger partial charge on any atom is 0.190 e. The summed E-state index contributed by atoms with van der Waals surface area (Å²) in [6, 6.07) is 10.2. The van der Waals surface area contributed by atoms with Crippen molar-refractivity contribution in [3.8, 4) is 0 Å². The minimum Gasteiger partial charge on any atom is -0.374 e. The van der Waals surface area contributed by atoms with Gasteiger partial charge in [-0.05, 0) is 31.2 Å². The van der Waals surface area contributed by atoms with Gasteiger partial charge in [-0.25, -0.2) is 0 Å². The molecule has 0 amide bonds. The van der Waals surface area contributed by atoms with Crippen LogP contribution in [-0.2, 0) is 35.0 Å². The molecule has 2 spiro atoms. The van der Waals surface area contributed by atoms with Crippen LogP contribution in [0.3, 0.4) is 0 Å². The third-order valence-electron chi connectivity index (χ3n) is 7.60. The van der Waals surface area contributed by atoms with E-state index in [0.717, 1.165) is 56.9 Å². The monoisotopic (exact) mass is 430 g/mol. The topological polar surface area (TPSA) is 55.4 Å². The second kappa shape index (κ2) is 8.40. The summed E-state index contributed by atoms with van der Waals surface area (Å²) < 4.78 is 38.8. The number of ether oxygens (including phenoxy) is 6. The van der Waals surface area contributed by atoms with Crippen LogP contribution in [0, 0.1) is 0 Å². The Bertz CT molecular complexity index is 742. The van der Waals surface area contributed by atoms with Crippen LogP contribution in [0.1, 0.15) is 69.8 Å². The third-order valence-corrected chi connectivity index (χ3v) is 7.60. The van der Waals surface area contributed by atoms with Crippen molar-refractivity contribution in [3.63, 3.8) is 0 Å². The predicted octanol–water partition coefficient (Wildman–Crippen LogP) is 4.45. The summed E-state index contributed by atoms with van der Waals surface area (Å²) in [4.78, 5) is 0. The van der Waals surface area contributed by atoms with Gasteiger partial charge in [-0.15, -0.1) is 0 Å². The fourth-order valence-corrected chi connectivity index (χ4v) is 6.04. The lowest BCUT2D eigenvalue weighted by atomic mass is 9.94. The first-order valence-corrected chi connectivity index (χ1v) is 12.2. The molecule has 31 heavy (non-hydrogen) atoms. The van der Waals surface area contributed by atoms with Crippen LogP contribution in [0.5, 0.6) is 0 Å². The molecule has 5 atom stereocenters. The largest absolute Gasteiger partial charge is 0.374 e. The molecule has 3 saturated heterocycles. The highest BCUT2D eigenvalue weighted by atomic mass is 16.9. The third kappa shape index (κ3) is 3.96. The number of hydrogen-bond donors (Lipinski definition) is 0. The van der Waals surface area contributed by atoms with Gasteiger partial charge in [0, 0.05) is 25.7 Å². The van der Waals surface area contributed by atoms with E-state index >= 15 is 0 Å². The normalized spacial score (nSPS) is 38.3. The number of rotatable bonds is 4. The summed E-state index contributed by atoms with van der Waals surface area (Å²) in [5, 5.41) is 0. The molecule has 2 aliphatic carbocycles. The van der Waals surface area contributed by atoms with Crippen LogP contribution in [-0.4, -0.2) is 48.9 Å². The Morgan fingerprint density at radius 3 is 2.03 bits per heavy atom. The Hall–Kier alpha value is -1.02. The van der Waals surface area contributed by atoms with Crippen molar-refractivity contribution in [1.29, 1.82) is 0 Å². The van der Waals surface area contributed by atoms with Crippen molar-refractivity contribution < 1.29 is 28.4 Å². The molecule has 5 aliphatic rings. The van der Waals surface area contributed by atoms with Gasteiger partial charge in [0.15, 0.2) is 17.9 Å². The highest BCUT2D eigenvalue weighted by Crippen LogP contribution is 2.50. The summed E-state index contributed by atoms with van der Waals surface area (Å²) in [6.45, 7) is 1.01. The molecule has 0 radical (unpaired) electrons. The summed E-state index contributed by atoms with van der Waals surface area (Å²) in [5.41, 5.74) is 1.15. The van der Waals surface area contributed by atoms with Crippen LogP contribution in [0.25, 0.3) is 0 Å². The average molecular weight is 431 g/mol. The molecular formula is C25H34O6. The first-order chi connectivity index (χ1) is 15.2. The lowest BCUT2D eigenvalue weighted by Gasteiger charge is -2.37. The molecule has 0 unspecified atom stereocenters. The Balaban J connectivity index is 1.19. The fourth-order valence-electron chi connectivity index (χ4n) is 6.04. The fraction of sp³-hybridized carbons (Fsp3) is 0.760. The highest BCUT2D eigenvalue weighted by Gasteiger charge is 2.63.